The van der Waals surface area contributed by atoms with Crippen molar-refractivity contribution in [2.24, 2.45) is 7.05 Å². The lowest BCUT2D eigenvalue weighted by Gasteiger charge is -2.07. The van der Waals surface area contributed by atoms with Crippen molar-refractivity contribution in [2.45, 2.75) is 6.18 Å². The van der Waals surface area contributed by atoms with Gasteiger partial charge in [0.15, 0.2) is 0 Å². The van der Waals surface area contributed by atoms with E-state index in [2.05, 4.69) is 17.9 Å². The maximum Gasteiger partial charge on any atom is 0.418 e. The van der Waals surface area contributed by atoms with Crippen LogP contribution in [0.4, 0.5) is 13.2 Å². The second-order valence-electron chi connectivity index (χ2n) is 3.23. The van der Waals surface area contributed by atoms with Crippen LogP contribution < -0.4 is 5.32 Å². The van der Waals surface area contributed by atoms with Gasteiger partial charge in [-0.25, -0.2) is 0 Å². The van der Waals surface area contributed by atoms with Gasteiger partial charge in [-0.05, 0) is 0 Å². The molecule has 0 saturated carbocycles. The van der Waals surface area contributed by atoms with Crippen LogP contribution in [0.15, 0.2) is 12.4 Å². The Morgan fingerprint density at radius 1 is 1.50 bits per heavy atom. The Morgan fingerprint density at radius 3 is 2.62 bits per heavy atom. The van der Waals surface area contributed by atoms with Crippen LogP contribution in [-0.4, -0.2) is 22.8 Å². The number of nitrogens with zero attached hydrogens (tertiary/aromatic N) is 1. The molecule has 0 aliphatic heterocycles. The Hall–Kier alpha value is -1.11. The number of carbonyl (C=O) groups excluding carboxylic acids is 1. The molecule has 0 unspecified atom stereocenters. The molecule has 0 fully saturated rings. The lowest BCUT2D eigenvalue weighted by molar-refractivity contribution is -0.137. The molecule has 90 valence electrons. The van der Waals surface area contributed by atoms with Crippen LogP contribution in [0.25, 0.3) is 0 Å². The molecular formula is C9H11F3N2OS. The van der Waals surface area contributed by atoms with Gasteiger partial charge in [0.05, 0.1) is 11.1 Å². The third-order valence-electron chi connectivity index (χ3n) is 1.90. The topological polar surface area (TPSA) is 34.0 Å². The van der Waals surface area contributed by atoms with Gasteiger partial charge in [-0.2, -0.15) is 25.8 Å². The van der Waals surface area contributed by atoms with Crippen LogP contribution in [0.3, 0.4) is 0 Å². The van der Waals surface area contributed by atoms with Crippen LogP contribution in [0.1, 0.15) is 15.9 Å². The molecule has 1 rings (SSSR count). The highest BCUT2D eigenvalue weighted by molar-refractivity contribution is 7.80. The number of aryl methyl sites for hydroxylation is 1. The summed E-state index contributed by atoms with van der Waals surface area (Å²) in [5.41, 5.74) is -1.29. The summed E-state index contributed by atoms with van der Waals surface area (Å²) in [4.78, 5) is 11.4. The first-order chi connectivity index (χ1) is 7.36. The second-order valence-corrected chi connectivity index (χ2v) is 3.68. The average Bonchev–Trinajstić information content (AvgIpc) is 2.56. The molecule has 0 aliphatic rings. The van der Waals surface area contributed by atoms with Crippen LogP contribution >= 0.6 is 12.6 Å². The van der Waals surface area contributed by atoms with E-state index in [0.29, 0.717) is 5.75 Å². The maximum absolute atomic E-state index is 12.5. The van der Waals surface area contributed by atoms with Gasteiger partial charge in [0.25, 0.3) is 5.91 Å². The summed E-state index contributed by atoms with van der Waals surface area (Å²) in [6.45, 7) is 0.230. The first-order valence-electron chi connectivity index (χ1n) is 4.48. The molecule has 0 radical (unpaired) electrons. The first kappa shape index (κ1) is 13.0. The summed E-state index contributed by atoms with van der Waals surface area (Å²) in [6.07, 6.45) is -2.48. The largest absolute Gasteiger partial charge is 0.418 e. The van der Waals surface area contributed by atoms with Crippen molar-refractivity contribution in [3.63, 3.8) is 0 Å². The molecule has 1 heterocycles. The van der Waals surface area contributed by atoms with Gasteiger partial charge in [-0.3, -0.25) is 4.79 Å². The molecule has 0 bridgehead atoms. The quantitative estimate of drug-likeness (QED) is 0.789. The van der Waals surface area contributed by atoms with E-state index >= 15 is 0 Å². The van der Waals surface area contributed by atoms with E-state index in [1.807, 2.05) is 0 Å². The molecule has 1 aromatic heterocycles. The SMILES string of the molecule is Cn1cc(C(=O)NCCS)c(C(F)(F)F)c1. The first-order valence-corrected chi connectivity index (χ1v) is 5.11. The zero-order valence-electron chi connectivity index (χ0n) is 8.51. The average molecular weight is 252 g/mol. The van der Waals surface area contributed by atoms with E-state index in [1.54, 1.807) is 0 Å². The number of aromatic nitrogens is 1. The third kappa shape index (κ3) is 2.94. The molecule has 0 saturated heterocycles. The highest BCUT2D eigenvalue weighted by Crippen LogP contribution is 2.32. The van der Waals surface area contributed by atoms with E-state index in [4.69, 9.17) is 0 Å². The molecular weight excluding hydrogens is 241 g/mol. The molecule has 0 spiro atoms. The lowest BCUT2D eigenvalue weighted by atomic mass is 10.2. The standard InChI is InChI=1S/C9H11F3N2OS/c1-14-4-6(8(15)13-2-3-16)7(5-14)9(10,11)12/h4-5,16H,2-3H2,1H3,(H,13,15). The predicted octanol–water partition coefficient (Wildman–Crippen LogP) is 1.70. The molecule has 1 aromatic rings. The number of hydrogen-bond acceptors (Lipinski definition) is 2. The number of carbonyl (C=O) groups is 1. The summed E-state index contributed by atoms with van der Waals surface area (Å²) in [5.74, 6) is -0.359. The van der Waals surface area contributed by atoms with Crippen LogP contribution in [0.5, 0.6) is 0 Å². The normalized spacial score (nSPS) is 11.6. The molecule has 0 atom stereocenters. The van der Waals surface area contributed by atoms with Gasteiger partial charge in [-0.15, -0.1) is 0 Å². The summed E-state index contributed by atoms with van der Waals surface area (Å²) in [5, 5.41) is 2.35. The van der Waals surface area contributed by atoms with Crippen molar-refractivity contribution in [2.75, 3.05) is 12.3 Å². The molecule has 0 aliphatic carbocycles. The van der Waals surface area contributed by atoms with Crippen molar-refractivity contribution in [1.82, 2.24) is 9.88 Å². The molecule has 0 aromatic carbocycles. The number of rotatable bonds is 3. The zero-order valence-corrected chi connectivity index (χ0v) is 9.40. The molecule has 7 heteroatoms. The fraction of sp³-hybridized carbons (Fsp3) is 0.444. The molecule has 1 N–H and O–H groups in total. The fourth-order valence-corrected chi connectivity index (χ4v) is 1.37. The highest BCUT2D eigenvalue weighted by atomic mass is 32.1. The summed E-state index contributed by atoms with van der Waals surface area (Å²) in [7, 11) is 1.44. The van der Waals surface area contributed by atoms with Gasteiger partial charge in [0.2, 0.25) is 0 Å². The van der Waals surface area contributed by atoms with Crippen LogP contribution in [0, 0.1) is 0 Å². The smallest absolute Gasteiger partial charge is 0.356 e. The Balaban J connectivity index is 2.99. The summed E-state index contributed by atoms with van der Waals surface area (Å²) in [6, 6.07) is 0. The highest BCUT2D eigenvalue weighted by Gasteiger charge is 2.36. The minimum atomic E-state index is -4.52. The Bertz CT molecular complexity index is 387. The summed E-state index contributed by atoms with van der Waals surface area (Å²) >= 11 is 3.85. The van der Waals surface area contributed by atoms with E-state index in [0.717, 1.165) is 12.4 Å². The van der Waals surface area contributed by atoms with Gasteiger partial charge >= 0.3 is 6.18 Å². The number of hydrogen-bond donors (Lipinski definition) is 2. The van der Waals surface area contributed by atoms with Crippen molar-refractivity contribution in [3.05, 3.63) is 23.5 Å². The Labute approximate surface area is 96.0 Å². The van der Waals surface area contributed by atoms with Crippen molar-refractivity contribution < 1.29 is 18.0 Å². The minimum absolute atomic E-state index is 0.230. The number of alkyl halides is 3. The lowest BCUT2D eigenvalue weighted by Crippen LogP contribution is -2.27. The summed E-state index contributed by atoms with van der Waals surface area (Å²) < 4.78 is 38.8. The van der Waals surface area contributed by atoms with Gasteiger partial charge in [0.1, 0.15) is 0 Å². The van der Waals surface area contributed by atoms with E-state index in [9.17, 15) is 18.0 Å². The maximum atomic E-state index is 12.5. The number of nitrogens with one attached hydrogen (secondary N) is 1. The van der Waals surface area contributed by atoms with Gasteiger partial charge in [0, 0.05) is 31.7 Å². The van der Waals surface area contributed by atoms with Crippen molar-refractivity contribution in [1.29, 1.82) is 0 Å². The number of amides is 1. The second kappa shape index (κ2) is 4.82. The predicted molar refractivity (Wildman–Crippen MR) is 56.6 cm³/mol. The van der Waals surface area contributed by atoms with E-state index < -0.39 is 17.6 Å². The Kier molecular flexibility index (Phi) is 3.90. The molecule has 3 nitrogen and oxygen atoms in total. The zero-order chi connectivity index (χ0) is 12.3. The minimum Gasteiger partial charge on any atom is -0.356 e. The van der Waals surface area contributed by atoms with Gasteiger partial charge < -0.3 is 9.88 Å². The van der Waals surface area contributed by atoms with Crippen LogP contribution in [0.2, 0.25) is 0 Å². The molecule has 1 amide bonds. The fourth-order valence-electron chi connectivity index (χ4n) is 1.26. The number of halogens is 3. The third-order valence-corrected chi connectivity index (χ3v) is 2.13. The van der Waals surface area contributed by atoms with Crippen molar-refractivity contribution >= 4 is 18.5 Å². The van der Waals surface area contributed by atoms with Gasteiger partial charge in [-0.1, -0.05) is 0 Å². The van der Waals surface area contributed by atoms with Crippen molar-refractivity contribution in [3.8, 4) is 0 Å². The molecule has 16 heavy (non-hydrogen) atoms. The van der Waals surface area contributed by atoms with E-state index in [1.165, 1.54) is 11.6 Å². The number of thiol groups is 1. The van der Waals surface area contributed by atoms with E-state index in [-0.39, 0.29) is 12.1 Å². The monoisotopic (exact) mass is 252 g/mol. The Morgan fingerprint density at radius 2 is 2.12 bits per heavy atom. The van der Waals surface area contributed by atoms with Crippen LogP contribution in [-0.2, 0) is 13.2 Å².